The van der Waals surface area contributed by atoms with E-state index in [1.54, 1.807) is 0 Å². The predicted molar refractivity (Wildman–Crippen MR) is 66.4 cm³/mol. The molecular weight excluding hydrogens is 309 g/mol. The van der Waals surface area contributed by atoms with E-state index in [1.807, 2.05) is 17.5 Å². The van der Waals surface area contributed by atoms with Gasteiger partial charge in [0.05, 0.1) is 12.2 Å². The number of benzene rings is 1. The lowest BCUT2D eigenvalue weighted by molar-refractivity contribution is 0.998. The number of hydrogen-bond acceptors (Lipinski definition) is 4. The third kappa shape index (κ3) is 2.42. The Morgan fingerprint density at radius 3 is 2.93 bits per heavy atom. The van der Waals surface area contributed by atoms with Crippen molar-refractivity contribution in [2.45, 2.75) is 6.54 Å². The Kier molecular flexibility index (Phi) is 3.30. The van der Waals surface area contributed by atoms with Crippen LogP contribution in [0.4, 0.5) is 5.69 Å². The average molecular weight is 317 g/mol. The minimum Gasteiger partial charge on any atom is -0.378 e. The fourth-order valence-corrected chi connectivity index (χ4v) is 2.08. The first-order chi connectivity index (χ1) is 6.86. The molecule has 1 N–H and O–H groups in total. The second-order valence-electron chi connectivity index (χ2n) is 2.73. The van der Waals surface area contributed by atoms with Crippen LogP contribution < -0.4 is 5.32 Å². The molecule has 0 fully saturated rings. The van der Waals surface area contributed by atoms with Gasteiger partial charge in [-0.3, -0.25) is 0 Å². The second kappa shape index (κ2) is 4.70. The summed E-state index contributed by atoms with van der Waals surface area (Å²) in [5, 5.41) is 9.22. The highest BCUT2D eigenvalue weighted by atomic mass is 127. The lowest BCUT2D eigenvalue weighted by atomic mass is 10.3. The maximum Gasteiger partial charge on any atom is 0.0946 e. The zero-order valence-corrected chi connectivity index (χ0v) is 10.2. The number of nitrogens with one attached hydrogen (secondary N) is 1. The number of anilines is 1. The zero-order valence-electron chi connectivity index (χ0n) is 7.27. The molecule has 0 saturated carbocycles. The van der Waals surface area contributed by atoms with E-state index in [0.29, 0.717) is 0 Å². The lowest BCUT2D eigenvalue weighted by Gasteiger charge is -2.05. The van der Waals surface area contributed by atoms with Gasteiger partial charge >= 0.3 is 0 Å². The monoisotopic (exact) mass is 317 g/mol. The molecule has 0 amide bonds. The Balaban J connectivity index is 2.02. The first-order valence-electron chi connectivity index (χ1n) is 4.10. The van der Waals surface area contributed by atoms with Crippen molar-refractivity contribution in [3.8, 4) is 0 Å². The van der Waals surface area contributed by atoms with Crippen LogP contribution in [0.25, 0.3) is 0 Å². The molecule has 1 aromatic carbocycles. The van der Waals surface area contributed by atoms with Crippen LogP contribution in [0.2, 0.25) is 0 Å². The Morgan fingerprint density at radius 2 is 2.21 bits per heavy atom. The SMILES string of the molecule is Ic1ccccc1NCc1csnn1. The number of aromatic nitrogens is 2. The summed E-state index contributed by atoms with van der Waals surface area (Å²) in [6, 6.07) is 8.17. The van der Waals surface area contributed by atoms with Gasteiger partial charge in [0, 0.05) is 14.6 Å². The largest absolute Gasteiger partial charge is 0.378 e. The number of halogens is 1. The summed E-state index contributed by atoms with van der Waals surface area (Å²) in [7, 11) is 0. The Hall–Kier alpha value is -0.690. The number of nitrogens with zero attached hydrogens (tertiary/aromatic N) is 2. The van der Waals surface area contributed by atoms with E-state index in [9.17, 15) is 0 Å². The fourth-order valence-electron chi connectivity index (χ4n) is 1.05. The molecule has 1 aromatic heterocycles. The molecule has 0 aliphatic rings. The maximum atomic E-state index is 3.96. The van der Waals surface area contributed by atoms with Gasteiger partial charge in [0.2, 0.25) is 0 Å². The lowest BCUT2D eigenvalue weighted by Crippen LogP contribution is -2.00. The minimum atomic E-state index is 0.733. The molecule has 1 heterocycles. The highest BCUT2D eigenvalue weighted by Crippen LogP contribution is 2.17. The van der Waals surface area contributed by atoms with E-state index in [2.05, 4.69) is 49.6 Å². The molecule has 2 rings (SSSR count). The van der Waals surface area contributed by atoms with Crippen molar-refractivity contribution >= 4 is 39.8 Å². The van der Waals surface area contributed by atoms with Crippen LogP contribution in [0, 0.1) is 3.57 Å². The number of hydrogen-bond donors (Lipinski definition) is 1. The van der Waals surface area contributed by atoms with Crippen molar-refractivity contribution in [3.63, 3.8) is 0 Å². The van der Waals surface area contributed by atoms with Gasteiger partial charge in [-0.2, -0.15) is 0 Å². The van der Waals surface area contributed by atoms with Gasteiger partial charge in [0.25, 0.3) is 0 Å². The van der Waals surface area contributed by atoms with Gasteiger partial charge < -0.3 is 5.32 Å². The van der Waals surface area contributed by atoms with Crippen molar-refractivity contribution in [2.24, 2.45) is 0 Å². The fraction of sp³-hybridized carbons (Fsp3) is 0.111. The van der Waals surface area contributed by atoms with Crippen molar-refractivity contribution in [2.75, 3.05) is 5.32 Å². The van der Waals surface area contributed by atoms with Crippen LogP contribution in [0.15, 0.2) is 29.6 Å². The Bertz CT molecular complexity index is 402. The molecule has 0 saturated heterocycles. The normalized spacial score (nSPS) is 10.1. The molecule has 0 spiro atoms. The van der Waals surface area contributed by atoms with Crippen molar-refractivity contribution in [3.05, 3.63) is 38.9 Å². The first kappa shape index (κ1) is 9.85. The summed E-state index contributed by atoms with van der Waals surface area (Å²) in [5.74, 6) is 0. The molecule has 0 bridgehead atoms. The molecule has 0 atom stereocenters. The highest BCUT2D eigenvalue weighted by Gasteiger charge is 1.99. The van der Waals surface area contributed by atoms with Gasteiger partial charge in [-0.1, -0.05) is 16.6 Å². The predicted octanol–water partition coefficient (Wildman–Crippen LogP) is 2.75. The summed E-state index contributed by atoms with van der Waals surface area (Å²) in [4.78, 5) is 0. The molecule has 0 unspecified atom stereocenters. The van der Waals surface area contributed by atoms with E-state index in [0.717, 1.165) is 17.9 Å². The number of rotatable bonds is 3. The summed E-state index contributed by atoms with van der Waals surface area (Å²) < 4.78 is 5.02. The molecule has 2 aromatic rings. The molecule has 0 aliphatic carbocycles. The van der Waals surface area contributed by atoms with E-state index in [-0.39, 0.29) is 0 Å². The van der Waals surface area contributed by atoms with Crippen molar-refractivity contribution in [1.29, 1.82) is 0 Å². The van der Waals surface area contributed by atoms with Gasteiger partial charge in [0.15, 0.2) is 0 Å². The highest BCUT2D eigenvalue weighted by molar-refractivity contribution is 14.1. The molecule has 14 heavy (non-hydrogen) atoms. The molecule has 0 aliphatic heterocycles. The summed E-state index contributed by atoms with van der Waals surface area (Å²) in [5.41, 5.74) is 2.12. The molecule has 72 valence electrons. The summed E-state index contributed by atoms with van der Waals surface area (Å²) in [6.07, 6.45) is 0. The Labute approximate surface area is 99.9 Å². The maximum absolute atomic E-state index is 3.96. The summed E-state index contributed by atoms with van der Waals surface area (Å²) in [6.45, 7) is 0.733. The van der Waals surface area contributed by atoms with Gasteiger partial charge in [-0.05, 0) is 46.3 Å². The molecule has 5 heteroatoms. The molecule has 0 radical (unpaired) electrons. The van der Waals surface area contributed by atoms with Crippen LogP contribution in [0.3, 0.4) is 0 Å². The quantitative estimate of drug-likeness (QED) is 0.885. The zero-order chi connectivity index (χ0) is 9.80. The first-order valence-corrected chi connectivity index (χ1v) is 6.02. The van der Waals surface area contributed by atoms with Crippen molar-refractivity contribution < 1.29 is 0 Å². The third-order valence-corrected chi connectivity index (χ3v) is 3.23. The van der Waals surface area contributed by atoms with Gasteiger partial charge in [-0.15, -0.1) is 5.10 Å². The average Bonchev–Trinajstić information content (AvgIpc) is 2.69. The van der Waals surface area contributed by atoms with Crippen LogP contribution >= 0.6 is 34.1 Å². The van der Waals surface area contributed by atoms with Crippen LogP contribution in [-0.4, -0.2) is 9.59 Å². The minimum absolute atomic E-state index is 0.733. The summed E-state index contributed by atoms with van der Waals surface area (Å²) >= 11 is 3.68. The third-order valence-electron chi connectivity index (χ3n) is 1.74. The van der Waals surface area contributed by atoms with E-state index < -0.39 is 0 Å². The van der Waals surface area contributed by atoms with Crippen LogP contribution in [0.5, 0.6) is 0 Å². The number of para-hydroxylation sites is 1. The molecular formula is C9H8IN3S. The van der Waals surface area contributed by atoms with Gasteiger partial charge in [0.1, 0.15) is 0 Å². The van der Waals surface area contributed by atoms with Gasteiger partial charge in [-0.25, -0.2) is 0 Å². The topological polar surface area (TPSA) is 37.8 Å². The van der Waals surface area contributed by atoms with Crippen molar-refractivity contribution in [1.82, 2.24) is 9.59 Å². The van der Waals surface area contributed by atoms with E-state index in [4.69, 9.17) is 0 Å². The smallest absolute Gasteiger partial charge is 0.0946 e. The van der Waals surface area contributed by atoms with E-state index >= 15 is 0 Å². The van der Waals surface area contributed by atoms with Crippen LogP contribution in [-0.2, 0) is 6.54 Å². The molecule has 3 nitrogen and oxygen atoms in total. The standard InChI is InChI=1S/C9H8IN3S/c10-8-3-1-2-4-9(8)11-5-7-6-14-13-12-7/h1-4,6,11H,5H2. The second-order valence-corrected chi connectivity index (χ2v) is 4.50. The van der Waals surface area contributed by atoms with E-state index in [1.165, 1.54) is 15.1 Å². The Morgan fingerprint density at radius 1 is 1.36 bits per heavy atom. The van der Waals surface area contributed by atoms with Crippen LogP contribution in [0.1, 0.15) is 5.69 Å².